The monoisotopic (exact) mass is 459 g/mol. The first-order chi connectivity index (χ1) is 15.2. The minimum atomic E-state index is -4.49. The number of rotatable bonds is 8. The van der Waals surface area contributed by atoms with Crippen molar-refractivity contribution in [2.24, 2.45) is 11.7 Å². The highest BCUT2D eigenvalue weighted by Gasteiger charge is 2.38. The van der Waals surface area contributed by atoms with Gasteiger partial charge in [0, 0.05) is 5.54 Å². The molecule has 2 aromatic carbocycles. The van der Waals surface area contributed by atoms with Crippen LogP contribution in [0.1, 0.15) is 60.3 Å². The second-order valence-corrected chi connectivity index (χ2v) is 10.8. The Bertz CT molecular complexity index is 990. The van der Waals surface area contributed by atoms with Gasteiger partial charge in [-0.1, -0.05) is 30.3 Å². The van der Waals surface area contributed by atoms with Crippen LogP contribution in [0.4, 0.5) is 0 Å². The van der Waals surface area contributed by atoms with Gasteiger partial charge in [0.25, 0.3) is 0 Å². The van der Waals surface area contributed by atoms with E-state index in [1.54, 1.807) is 7.11 Å². The highest BCUT2D eigenvalue weighted by molar-refractivity contribution is 7.46. The van der Waals surface area contributed by atoms with E-state index >= 15 is 0 Å². The molecule has 1 unspecified atom stereocenters. The first-order valence-corrected chi connectivity index (χ1v) is 13.0. The van der Waals surface area contributed by atoms with Gasteiger partial charge in [0.05, 0.1) is 13.7 Å². The van der Waals surface area contributed by atoms with Crippen LogP contribution in [-0.2, 0) is 28.4 Å². The van der Waals surface area contributed by atoms with E-state index in [9.17, 15) is 4.57 Å². The summed E-state index contributed by atoms with van der Waals surface area (Å²) in [4.78, 5) is 18.0. The van der Waals surface area contributed by atoms with E-state index in [0.717, 1.165) is 31.4 Å². The van der Waals surface area contributed by atoms with E-state index in [4.69, 9.17) is 24.8 Å². The Morgan fingerprint density at radius 3 is 2.78 bits per heavy atom. The molecule has 2 aliphatic rings. The number of phosphoric acid groups is 1. The molecule has 0 aromatic heterocycles. The van der Waals surface area contributed by atoms with Gasteiger partial charge in [0.1, 0.15) is 5.75 Å². The second-order valence-electron chi connectivity index (χ2n) is 9.59. The molecule has 1 saturated carbocycles. The van der Waals surface area contributed by atoms with Crippen LogP contribution in [0.25, 0.3) is 0 Å². The summed E-state index contributed by atoms with van der Waals surface area (Å²) in [6, 6.07) is 15.2. The largest absolute Gasteiger partial charge is 0.497 e. The molecule has 0 aliphatic heterocycles. The maximum Gasteiger partial charge on any atom is 0.469 e. The lowest BCUT2D eigenvalue weighted by Gasteiger charge is -2.27. The lowest BCUT2D eigenvalue weighted by Crippen LogP contribution is -2.41. The molecule has 1 fully saturated rings. The van der Waals surface area contributed by atoms with Gasteiger partial charge < -0.3 is 20.3 Å². The molecule has 7 heteroatoms. The molecule has 2 aromatic rings. The number of ether oxygens (including phenoxy) is 1. The van der Waals surface area contributed by atoms with E-state index in [1.807, 2.05) is 6.07 Å². The third kappa shape index (κ3) is 6.00. The third-order valence-corrected chi connectivity index (χ3v) is 7.64. The number of nitrogens with two attached hydrogens (primary N) is 1. The SMILES string of the molecule is COc1cccc(CCC2CCc3cc([C@H]4CC[C@](N)(COP(=O)(O)O)C4)ccc3C2)c1. The quantitative estimate of drug-likeness (QED) is 0.502. The Labute approximate surface area is 190 Å². The van der Waals surface area contributed by atoms with Crippen molar-refractivity contribution in [3.8, 4) is 5.75 Å². The fourth-order valence-electron chi connectivity index (χ4n) is 5.33. The summed E-state index contributed by atoms with van der Waals surface area (Å²) in [5, 5.41) is 0. The Morgan fingerprint density at radius 2 is 2.00 bits per heavy atom. The number of benzene rings is 2. The fourth-order valence-corrected chi connectivity index (χ4v) is 5.76. The standard InChI is InChI=1S/C25H34NO5P/c1-30-24-4-2-3-18(14-24)5-6-19-7-8-21-15-22(10-9-20(21)13-19)23-11-12-25(26,16-23)17-31-32(27,28)29/h2-4,9-10,14-15,19,23H,5-8,11-13,16-17,26H2,1H3,(H2,27,28,29)/t19?,23-,25+/m0/s1. The average Bonchev–Trinajstić information content (AvgIpc) is 3.18. The summed E-state index contributed by atoms with van der Waals surface area (Å²) >= 11 is 0. The molecular weight excluding hydrogens is 425 g/mol. The molecule has 6 nitrogen and oxygen atoms in total. The maximum absolute atomic E-state index is 11.0. The Hall–Kier alpha value is -1.69. The zero-order chi connectivity index (χ0) is 22.8. The molecule has 4 rings (SSSR count). The van der Waals surface area contributed by atoms with Gasteiger partial charge in [-0.2, -0.15) is 0 Å². The molecule has 4 N–H and O–H groups in total. The number of hydrogen-bond donors (Lipinski definition) is 3. The van der Waals surface area contributed by atoms with E-state index in [-0.39, 0.29) is 6.61 Å². The molecule has 3 atom stereocenters. The summed E-state index contributed by atoms with van der Waals surface area (Å²) in [7, 11) is -2.78. The van der Waals surface area contributed by atoms with Crippen LogP contribution in [0.2, 0.25) is 0 Å². The summed E-state index contributed by atoms with van der Waals surface area (Å²) in [5.41, 5.74) is 11.2. The van der Waals surface area contributed by atoms with Gasteiger partial charge in [0.2, 0.25) is 0 Å². The average molecular weight is 460 g/mol. The number of fused-ring (bicyclic) bond motifs is 1. The highest BCUT2D eigenvalue weighted by Crippen LogP contribution is 2.44. The van der Waals surface area contributed by atoms with Crippen molar-refractivity contribution in [3.63, 3.8) is 0 Å². The van der Waals surface area contributed by atoms with Crippen LogP contribution < -0.4 is 10.5 Å². The minimum Gasteiger partial charge on any atom is -0.497 e. The predicted octanol–water partition coefficient (Wildman–Crippen LogP) is 4.51. The molecule has 0 amide bonds. The van der Waals surface area contributed by atoms with Crippen LogP contribution in [-0.4, -0.2) is 29.0 Å². The number of aryl methyl sites for hydroxylation is 2. The highest BCUT2D eigenvalue weighted by atomic mass is 31.2. The van der Waals surface area contributed by atoms with Gasteiger partial charge >= 0.3 is 7.82 Å². The lowest BCUT2D eigenvalue weighted by atomic mass is 9.79. The van der Waals surface area contributed by atoms with E-state index in [2.05, 4.69) is 36.4 Å². The summed E-state index contributed by atoms with van der Waals surface area (Å²) in [6.45, 7) is -0.103. The number of methoxy groups -OCH3 is 1. The lowest BCUT2D eigenvalue weighted by molar-refractivity contribution is 0.153. The van der Waals surface area contributed by atoms with E-state index in [0.29, 0.717) is 24.7 Å². The van der Waals surface area contributed by atoms with Gasteiger partial charge in [-0.3, -0.25) is 4.52 Å². The number of hydrogen-bond acceptors (Lipinski definition) is 4. The normalized spacial score (nSPS) is 25.5. The third-order valence-electron chi connectivity index (χ3n) is 7.17. The van der Waals surface area contributed by atoms with Gasteiger partial charge in [-0.05, 0) is 97.6 Å². The van der Waals surface area contributed by atoms with Crippen molar-refractivity contribution in [1.29, 1.82) is 0 Å². The van der Waals surface area contributed by atoms with E-state index < -0.39 is 13.4 Å². The Kier molecular flexibility index (Phi) is 7.09. The number of phosphoric ester groups is 1. The van der Waals surface area contributed by atoms with Crippen molar-refractivity contribution >= 4 is 7.82 Å². The van der Waals surface area contributed by atoms with Gasteiger partial charge in [0.15, 0.2) is 0 Å². The molecular formula is C25H34NO5P. The topological polar surface area (TPSA) is 102 Å². The zero-order valence-electron chi connectivity index (χ0n) is 18.7. The van der Waals surface area contributed by atoms with Gasteiger partial charge in [-0.15, -0.1) is 0 Å². The molecule has 0 bridgehead atoms. The molecule has 174 valence electrons. The molecule has 0 saturated heterocycles. The Balaban J connectivity index is 1.34. The minimum absolute atomic E-state index is 0.103. The summed E-state index contributed by atoms with van der Waals surface area (Å²) in [5.74, 6) is 1.94. The van der Waals surface area contributed by atoms with Crippen molar-refractivity contribution in [3.05, 3.63) is 64.7 Å². The molecule has 32 heavy (non-hydrogen) atoms. The maximum atomic E-state index is 11.0. The van der Waals surface area contributed by atoms with Crippen LogP contribution in [0.3, 0.4) is 0 Å². The van der Waals surface area contributed by atoms with Crippen molar-refractivity contribution in [2.45, 2.75) is 62.8 Å². The van der Waals surface area contributed by atoms with Crippen LogP contribution in [0.15, 0.2) is 42.5 Å². The van der Waals surface area contributed by atoms with Gasteiger partial charge in [-0.25, -0.2) is 4.57 Å². The first-order valence-electron chi connectivity index (χ1n) is 11.5. The Morgan fingerprint density at radius 1 is 1.16 bits per heavy atom. The summed E-state index contributed by atoms with van der Waals surface area (Å²) < 4.78 is 21.1. The molecule has 0 spiro atoms. The van der Waals surface area contributed by atoms with Crippen molar-refractivity contribution in [1.82, 2.24) is 0 Å². The zero-order valence-corrected chi connectivity index (χ0v) is 19.6. The van der Waals surface area contributed by atoms with Crippen LogP contribution >= 0.6 is 7.82 Å². The van der Waals surface area contributed by atoms with Crippen molar-refractivity contribution in [2.75, 3.05) is 13.7 Å². The molecule has 2 aliphatic carbocycles. The smallest absolute Gasteiger partial charge is 0.469 e. The summed E-state index contributed by atoms with van der Waals surface area (Å²) in [6.07, 6.45) is 8.02. The fraction of sp³-hybridized carbons (Fsp3) is 0.520. The first kappa shape index (κ1) is 23.5. The van der Waals surface area contributed by atoms with Crippen LogP contribution in [0, 0.1) is 5.92 Å². The predicted molar refractivity (Wildman–Crippen MR) is 125 cm³/mol. The van der Waals surface area contributed by atoms with Crippen molar-refractivity contribution < 1.29 is 23.6 Å². The molecule has 0 heterocycles. The van der Waals surface area contributed by atoms with E-state index in [1.165, 1.54) is 35.1 Å². The van der Waals surface area contributed by atoms with Crippen LogP contribution in [0.5, 0.6) is 5.75 Å². The second kappa shape index (κ2) is 9.66. The molecule has 0 radical (unpaired) electrons.